The van der Waals surface area contributed by atoms with Gasteiger partial charge in [-0.25, -0.2) is 9.78 Å². The highest BCUT2D eigenvalue weighted by Gasteiger charge is 2.35. The standard InChI is InChI=1S/C34H31F3N4O2/c1-4-30(31-38-28-16-10-8-14-26(28)32(42)41(31)25-19-18-22(2)23(3)20-25)40(21-24-12-6-5-7-13-24)33(43)39-29-17-11-9-15-27(29)34(35,36)37/h5-20,30H,4,21H2,1-3H3,(H,39,43). The molecule has 1 aromatic heterocycles. The molecule has 0 spiro atoms. The van der Waals surface area contributed by atoms with Crippen LogP contribution in [0, 0.1) is 13.8 Å². The highest BCUT2D eigenvalue weighted by atomic mass is 19.4. The number of aromatic nitrogens is 2. The van der Waals surface area contributed by atoms with E-state index in [2.05, 4.69) is 5.32 Å². The number of benzene rings is 4. The van der Waals surface area contributed by atoms with Crippen molar-refractivity contribution < 1.29 is 18.0 Å². The van der Waals surface area contributed by atoms with Gasteiger partial charge in [0.1, 0.15) is 5.82 Å². The van der Waals surface area contributed by atoms with Crippen LogP contribution in [0.5, 0.6) is 0 Å². The van der Waals surface area contributed by atoms with Gasteiger partial charge in [0.2, 0.25) is 0 Å². The Hall–Kier alpha value is -4.92. The average Bonchev–Trinajstić information content (AvgIpc) is 2.99. The molecular weight excluding hydrogens is 553 g/mol. The maximum absolute atomic E-state index is 14.0. The summed E-state index contributed by atoms with van der Waals surface area (Å²) < 4.78 is 43.0. The largest absolute Gasteiger partial charge is 0.418 e. The van der Waals surface area contributed by atoms with E-state index in [0.717, 1.165) is 22.8 Å². The minimum Gasteiger partial charge on any atom is -0.310 e. The first-order valence-electron chi connectivity index (χ1n) is 14.0. The van der Waals surface area contributed by atoms with Crippen molar-refractivity contribution in [2.45, 2.75) is 46.0 Å². The third kappa shape index (κ3) is 6.16. The third-order valence-corrected chi connectivity index (χ3v) is 7.54. The summed E-state index contributed by atoms with van der Waals surface area (Å²) in [5, 5.41) is 2.92. The van der Waals surface area contributed by atoms with Crippen molar-refractivity contribution in [1.29, 1.82) is 0 Å². The van der Waals surface area contributed by atoms with Gasteiger partial charge in [-0.2, -0.15) is 13.2 Å². The lowest BCUT2D eigenvalue weighted by molar-refractivity contribution is -0.136. The van der Waals surface area contributed by atoms with Crippen LogP contribution in [0.3, 0.4) is 0 Å². The van der Waals surface area contributed by atoms with Gasteiger partial charge in [0.15, 0.2) is 0 Å². The molecule has 1 unspecified atom stereocenters. The number of hydrogen-bond acceptors (Lipinski definition) is 3. The Kier molecular flexibility index (Phi) is 8.34. The number of carbonyl (C=O) groups is 1. The van der Waals surface area contributed by atoms with Crippen molar-refractivity contribution in [3.8, 4) is 5.69 Å². The van der Waals surface area contributed by atoms with Crippen LogP contribution in [0.15, 0.2) is 102 Å². The second kappa shape index (κ2) is 12.1. The summed E-state index contributed by atoms with van der Waals surface area (Å²) in [7, 11) is 0. The zero-order valence-corrected chi connectivity index (χ0v) is 24.0. The van der Waals surface area contributed by atoms with E-state index in [9.17, 15) is 22.8 Å². The predicted octanol–water partition coefficient (Wildman–Crippen LogP) is 8.21. The number of rotatable bonds is 7. The van der Waals surface area contributed by atoms with E-state index in [1.807, 2.05) is 69.3 Å². The molecule has 0 aliphatic heterocycles. The van der Waals surface area contributed by atoms with Gasteiger partial charge in [-0.3, -0.25) is 9.36 Å². The molecule has 0 saturated carbocycles. The summed E-state index contributed by atoms with van der Waals surface area (Å²) in [6, 6.07) is 25.1. The van der Waals surface area contributed by atoms with Gasteiger partial charge in [0.25, 0.3) is 5.56 Å². The molecule has 2 amide bonds. The molecule has 6 nitrogen and oxygen atoms in total. The molecular formula is C34H31F3N4O2. The van der Waals surface area contributed by atoms with Crippen LogP contribution in [0.4, 0.5) is 23.7 Å². The maximum Gasteiger partial charge on any atom is 0.418 e. The number of alkyl halides is 3. The Morgan fingerprint density at radius 2 is 1.58 bits per heavy atom. The molecule has 0 aliphatic rings. The zero-order valence-electron chi connectivity index (χ0n) is 24.0. The summed E-state index contributed by atoms with van der Waals surface area (Å²) in [6.07, 6.45) is -4.33. The van der Waals surface area contributed by atoms with E-state index < -0.39 is 23.8 Å². The van der Waals surface area contributed by atoms with Gasteiger partial charge >= 0.3 is 12.2 Å². The molecule has 1 N–H and O–H groups in total. The molecule has 1 atom stereocenters. The second-order valence-corrected chi connectivity index (χ2v) is 10.4. The number of para-hydroxylation sites is 2. The van der Waals surface area contributed by atoms with Crippen LogP contribution < -0.4 is 10.9 Å². The van der Waals surface area contributed by atoms with E-state index in [1.165, 1.54) is 27.7 Å². The molecule has 220 valence electrons. The van der Waals surface area contributed by atoms with E-state index in [1.54, 1.807) is 24.3 Å². The van der Waals surface area contributed by atoms with Gasteiger partial charge in [0, 0.05) is 6.54 Å². The number of hydrogen-bond donors (Lipinski definition) is 1. The number of nitrogens with one attached hydrogen (secondary N) is 1. The number of urea groups is 1. The molecule has 0 aliphatic carbocycles. The fraction of sp³-hybridized carbons (Fsp3) is 0.206. The van der Waals surface area contributed by atoms with Crippen LogP contribution >= 0.6 is 0 Å². The predicted molar refractivity (Wildman–Crippen MR) is 162 cm³/mol. The first-order valence-corrected chi connectivity index (χ1v) is 14.0. The summed E-state index contributed by atoms with van der Waals surface area (Å²) >= 11 is 0. The van der Waals surface area contributed by atoms with Crippen molar-refractivity contribution >= 4 is 22.6 Å². The molecule has 4 aromatic carbocycles. The monoisotopic (exact) mass is 584 g/mol. The normalized spacial score (nSPS) is 12.2. The van der Waals surface area contributed by atoms with Crippen molar-refractivity contribution in [2.75, 3.05) is 5.32 Å². The van der Waals surface area contributed by atoms with E-state index in [4.69, 9.17) is 4.98 Å². The molecule has 0 bridgehead atoms. The Morgan fingerprint density at radius 3 is 2.28 bits per heavy atom. The Morgan fingerprint density at radius 1 is 0.907 bits per heavy atom. The number of halogens is 3. The van der Waals surface area contributed by atoms with Crippen molar-refractivity contribution in [1.82, 2.24) is 14.5 Å². The first-order chi connectivity index (χ1) is 20.6. The lowest BCUT2D eigenvalue weighted by Gasteiger charge is -2.33. The van der Waals surface area contributed by atoms with Crippen LogP contribution in [0.1, 0.15) is 47.5 Å². The first kappa shape index (κ1) is 29.6. The molecule has 43 heavy (non-hydrogen) atoms. The van der Waals surface area contributed by atoms with E-state index in [-0.39, 0.29) is 17.8 Å². The highest BCUT2D eigenvalue weighted by molar-refractivity contribution is 5.90. The van der Waals surface area contributed by atoms with Crippen LogP contribution in [-0.4, -0.2) is 20.5 Å². The summed E-state index contributed by atoms with van der Waals surface area (Å²) in [6.45, 7) is 5.84. The quantitative estimate of drug-likeness (QED) is 0.210. The summed E-state index contributed by atoms with van der Waals surface area (Å²) in [5.41, 5.74) is 2.22. The topological polar surface area (TPSA) is 67.2 Å². The molecule has 5 rings (SSSR count). The molecule has 0 fully saturated rings. The van der Waals surface area contributed by atoms with Gasteiger partial charge in [-0.1, -0.05) is 67.6 Å². The van der Waals surface area contributed by atoms with Gasteiger partial charge in [0.05, 0.1) is 33.9 Å². The van der Waals surface area contributed by atoms with Gasteiger partial charge in [-0.05, 0) is 73.4 Å². The number of amides is 2. The molecule has 1 heterocycles. The van der Waals surface area contributed by atoms with Crippen LogP contribution in [0.25, 0.3) is 16.6 Å². The minimum absolute atomic E-state index is 0.0645. The number of anilines is 1. The molecule has 0 saturated heterocycles. The number of fused-ring (bicyclic) bond motifs is 1. The average molecular weight is 585 g/mol. The number of aryl methyl sites for hydroxylation is 2. The lowest BCUT2D eigenvalue weighted by atomic mass is 10.1. The zero-order chi connectivity index (χ0) is 30.7. The maximum atomic E-state index is 14.0. The van der Waals surface area contributed by atoms with Crippen molar-refractivity contribution in [2.24, 2.45) is 0 Å². The van der Waals surface area contributed by atoms with Crippen molar-refractivity contribution in [3.05, 3.63) is 135 Å². The SMILES string of the molecule is CCC(c1nc2ccccc2c(=O)n1-c1ccc(C)c(C)c1)N(Cc1ccccc1)C(=O)Nc1ccccc1C(F)(F)F. The Bertz CT molecular complexity index is 1830. The van der Waals surface area contributed by atoms with Crippen LogP contribution in [-0.2, 0) is 12.7 Å². The fourth-order valence-corrected chi connectivity index (χ4v) is 5.16. The Labute approximate surface area is 247 Å². The third-order valence-electron chi connectivity index (χ3n) is 7.54. The molecule has 0 radical (unpaired) electrons. The lowest BCUT2D eigenvalue weighted by Crippen LogP contribution is -2.40. The van der Waals surface area contributed by atoms with Gasteiger partial charge < -0.3 is 10.2 Å². The van der Waals surface area contributed by atoms with Gasteiger partial charge in [-0.15, -0.1) is 0 Å². The Balaban J connectivity index is 1.70. The second-order valence-electron chi connectivity index (χ2n) is 10.4. The summed E-state index contributed by atoms with van der Waals surface area (Å²) in [5.74, 6) is 0.310. The molecule has 5 aromatic rings. The number of nitrogens with zero attached hydrogens (tertiary/aromatic N) is 3. The van der Waals surface area contributed by atoms with E-state index >= 15 is 0 Å². The smallest absolute Gasteiger partial charge is 0.310 e. The van der Waals surface area contributed by atoms with Crippen LogP contribution in [0.2, 0.25) is 0 Å². The minimum atomic E-state index is -4.66. The fourth-order valence-electron chi connectivity index (χ4n) is 5.16. The van der Waals surface area contributed by atoms with Crippen molar-refractivity contribution in [3.63, 3.8) is 0 Å². The number of carbonyl (C=O) groups excluding carboxylic acids is 1. The highest BCUT2D eigenvalue weighted by Crippen LogP contribution is 2.35. The van der Waals surface area contributed by atoms with E-state index in [0.29, 0.717) is 28.8 Å². The molecule has 9 heteroatoms. The summed E-state index contributed by atoms with van der Waals surface area (Å²) in [4.78, 5) is 34.4.